The molecule has 0 unspecified atom stereocenters. The molecular weight excluding hydrogens is 537 g/mol. The van der Waals surface area contributed by atoms with Crippen LogP contribution in [0.25, 0.3) is 0 Å². The quantitative estimate of drug-likeness (QED) is 0.343. The first-order valence-electron chi connectivity index (χ1n) is 13.8. The zero-order valence-electron chi connectivity index (χ0n) is 22.3. The van der Waals surface area contributed by atoms with Gasteiger partial charge in [0.25, 0.3) is 0 Å². The van der Waals surface area contributed by atoms with E-state index in [4.69, 9.17) is 0 Å². The molecule has 4 fully saturated rings. The molecule has 12 heteroatoms. The fourth-order valence-electron chi connectivity index (χ4n) is 9.28. The molecule has 39 heavy (non-hydrogen) atoms. The van der Waals surface area contributed by atoms with Crippen molar-refractivity contribution in [1.82, 2.24) is 0 Å². The highest BCUT2D eigenvalue weighted by molar-refractivity contribution is 5.83. The molecule has 4 aliphatic carbocycles. The van der Waals surface area contributed by atoms with Crippen molar-refractivity contribution in [3.8, 4) is 0 Å². The molecule has 0 spiro atoms. The summed E-state index contributed by atoms with van der Waals surface area (Å²) in [4.78, 5) is 13.3. The molecule has 0 aromatic carbocycles. The second-order valence-corrected chi connectivity index (χ2v) is 13.3. The number of aliphatic hydroxyl groups is 4. The Labute approximate surface area is 223 Å². The van der Waals surface area contributed by atoms with Gasteiger partial charge in [-0.2, -0.15) is 30.7 Å². The maximum absolute atomic E-state index is 13.9. The molecule has 0 saturated heterocycles. The number of Topliss-reactive ketones (excluding diaryl/α,β-unsaturated/α-hetero) is 1. The van der Waals surface area contributed by atoms with Crippen LogP contribution in [0.1, 0.15) is 72.1 Å². The van der Waals surface area contributed by atoms with E-state index in [1.807, 2.05) is 13.8 Å². The lowest BCUT2D eigenvalue weighted by molar-refractivity contribution is -0.359. The molecular formula is C27H39F7O5. The highest BCUT2D eigenvalue weighted by Gasteiger charge is 2.73. The van der Waals surface area contributed by atoms with Gasteiger partial charge in [0.2, 0.25) is 0 Å². The van der Waals surface area contributed by atoms with Gasteiger partial charge in [0, 0.05) is 18.8 Å². The molecule has 0 aliphatic heterocycles. The van der Waals surface area contributed by atoms with Crippen molar-refractivity contribution in [1.29, 1.82) is 0 Å². The van der Waals surface area contributed by atoms with Gasteiger partial charge in [0.1, 0.15) is 5.78 Å². The summed E-state index contributed by atoms with van der Waals surface area (Å²) < 4.78 is 92.2. The van der Waals surface area contributed by atoms with Crippen LogP contribution in [0.2, 0.25) is 0 Å². The number of aliphatic hydroxyl groups excluding tert-OH is 4. The first-order chi connectivity index (χ1) is 17.7. The molecule has 0 heterocycles. The lowest BCUT2D eigenvalue weighted by Gasteiger charge is -2.61. The summed E-state index contributed by atoms with van der Waals surface area (Å²) in [5, 5.41) is 41.5. The third kappa shape index (κ3) is 4.73. The number of hydrogen-bond donors (Lipinski definition) is 4. The van der Waals surface area contributed by atoms with Crippen LogP contribution in [-0.4, -0.2) is 68.6 Å². The summed E-state index contributed by atoms with van der Waals surface area (Å²) in [5.41, 5.74) is -0.968. The molecule has 226 valence electrons. The Balaban J connectivity index is 1.51. The van der Waals surface area contributed by atoms with Gasteiger partial charge in [-0.25, -0.2) is 0 Å². The standard InChI is InChI=1S/C27H39F7O5/c1-12(22(39)21(38)11-25(28,29)26(30,31)27(32,33)34)14-4-5-15-13-8-18(35)17-9-19(36)20(37)10-24(17,3)16(13)6-7-23(14,15)2/h12-17,19-22,36-39H,4-11H2,1-3H3/t12-,13-,14+,15-,16-,17+,19-,20+,21+,22+,23+,24+/m0/s1. The van der Waals surface area contributed by atoms with E-state index in [1.54, 1.807) is 0 Å². The summed E-state index contributed by atoms with van der Waals surface area (Å²) in [6.45, 7) is 5.46. The van der Waals surface area contributed by atoms with Crippen LogP contribution < -0.4 is 0 Å². The number of hydrogen-bond acceptors (Lipinski definition) is 5. The summed E-state index contributed by atoms with van der Waals surface area (Å²) in [6.07, 6.45) is -11.8. The minimum absolute atomic E-state index is 0.00904. The molecule has 0 bridgehead atoms. The van der Waals surface area contributed by atoms with Crippen LogP contribution in [0.15, 0.2) is 0 Å². The molecule has 0 radical (unpaired) electrons. The van der Waals surface area contributed by atoms with Crippen LogP contribution in [0.5, 0.6) is 0 Å². The van der Waals surface area contributed by atoms with Crippen molar-refractivity contribution in [2.45, 2.75) is 115 Å². The Morgan fingerprint density at radius 2 is 1.51 bits per heavy atom. The zero-order valence-corrected chi connectivity index (χ0v) is 22.3. The third-order valence-electron chi connectivity index (χ3n) is 11.4. The molecule has 4 rings (SSSR count). The van der Waals surface area contributed by atoms with Gasteiger partial charge < -0.3 is 20.4 Å². The largest absolute Gasteiger partial charge is 0.459 e. The minimum atomic E-state index is -6.52. The van der Waals surface area contributed by atoms with Crippen LogP contribution in [0.3, 0.4) is 0 Å². The Hall–Kier alpha value is -0.980. The molecule has 4 aliphatic rings. The highest BCUT2D eigenvalue weighted by atomic mass is 19.4. The third-order valence-corrected chi connectivity index (χ3v) is 11.4. The van der Waals surface area contributed by atoms with Crippen molar-refractivity contribution < 1.29 is 56.0 Å². The second kappa shape index (κ2) is 9.80. The van der Waals surface area contributed by atoms with E-state index in [0.717, 1.165) is 0 Å². The summed E-state index contributed by atoms with van der Waals surface area (Å²) >= 11 is 0. The molecule has 0 aromatic rings. The molecule has 4 N–H and O–H groups in total. The van der Waals surface area contributed by atoms with E-state index < -0.39 is 65.6 Å². The van der Waals surface area contributed by atoms with Gasteiger partial charge in [-0.05, 0) is 78.9 Å². The van der Waals surface area contributed by atoms with Crippen molar-refractivity contribution >= 4 is 5.78 Å². The second-order valence-electron chi connectivity index (χ2n) is 13.3. The summed E-state index contributed by atoms with van der Waals surface area (Å²) in [5.74, 6) is -13.4. The van der Waals surface area contributed by atoms with Gasteiger partial charge in [-0.3, -0.25) is 4.79 Å². The molecule has 0 aromatic heterocycles. The summed E-state index contributed by atoms with van der Waals surface area (Å²) in [7, 11) is 0. The Kier molecular flexibility index (Phi) is 7.78. The SMILES string of the molecule is C[C@H]([C@@H](O)[C@H](O)CC(F)(F)C(F)(F)C(F)(F)F)[C@H]1CC[C@H]2[C@@H]3CC(=O)[C@H]4C[C@H](O)[C@H](O)C[C@]4(C)[C@H]3CC[C@]12C. The van der Waals surface area contributed by atoms with Gasteiger partial charge in [0.15, 0.2) is 0 Å². The van der Waals surface area contributed by atoms with Crippen LogP contribution in [0.4, 0.5) is 30.7 Å². The molecule has 5 nitrogen and oxygen atoms in total. The van der Waals surface area contributed by atoms with E-state index in [2.05, 4.69) is 0 Å². The topological polar surface area (TPSA) is 98.0 Å². The Morgan fingerprint density at radius 1 is 0.923 bits per heavy atom. The number of rotatable bonds is 6. The monoisotopic (exact) mass is 576 g/mol. The number of alkyl halides is 7. The first-order valence-corrected chi connectivity index (χ1v) is 13.8. The van der Waals surface area contributed by atoms with Gasteiger partial charge >= 0.3 is 18.0 Å². The van der Waals surface area contributed by atoms with Crippen molar-refractivity contribution in [3.63, 3.8) is 0 Å². The number of carbonyl (C=O) groups excluding carboxylic acids is 1. The predicted octanol–water partition coefficient (Wildman–Crippen LogP) is 4.74. The van der Waals surface area contributed by atoms with Gasteiger partial charge in [-0.1, -0.05) is 20.8 Å². The van der Waals surface area contributed by atoms with Gasteiger partial charge in [0.05, 0.1) is 24.4 Å². The lowest BCUT2D eigenvalue weighted by atomic mass is 9.44. The first kappa shape index (κ1) is 31.0. The van der Waals surface area contributed by atoms with E-state index in [-0.39, 0.29) is 41.8 Å². The average molecular weight is 577 g/mol. The number of halogens is 7. The highest BCUT2D eigenvalue weighted by Crippen LogP contribution is 2.68. The molecule has 0 amide bonds. The van der Waals surface area contributed by atoms with Crippen molar-refractivity contribution in [2.24, 2.45) is 46.3 Å². The van der Waals surface area contributed by atoms with Crippen LogP contribution in [-0.2, 0) is 4.79 Å². The average Bonchev–Trinajstić information content (AvgIpc) is 3.16. The van der Waals surface area contributed by atoms with Crippen molar-refractivity contribution in [2.75, 3.05) is 0 Å². The van der Waals surface area contributed by atoms with E-state index in [1.165, 1.54) is 6.92 Å². The number of carbonyl (C=O) groups is 1. The molecule has 4 saturated carbocycles. The maximum atomic E-state index is 13.9. The van der Waals surface area contributed by atoms with Crippen LogP contribution >= 0.6 is 0 Å². The Morgan fingerprint density at radius 3 is 2.10 bits per heavy atom. The number of fused-ring (bicyclic) bond motifs is 5. The van der Waals surface area contributed by atoms with E-state index in [9.17, 15) is 56.0 Å². The van der Waals surface area contributed by atoms with Crippen molar-refractivity contribution in [3.05, 3.63) is 0 Å². The fraction of sp³-hybridized carbons (Fsp3) is 0.963. The normalized spacial score (nSPS) is 43.7. The predicted molar refractivity (Wildman–Crippen MR) is 125 cm³/mol. The summed E-state index contributed by atoms with van der Waals surface area (Å²) in [6, 6.07) is 0. The number of ketones is 1. The minimum Gasteiger partial charge on any atom is -0.390 e. The smallest absolute Gasteiger partial charge is 0.390 e. The van der Waals surface area contributed by atoms with E-state index in [0.29, 0.717) is 38.5 Å². The van der Waals surface area contributed by atoms with Crippen LogP contribution in [0, 0.1) is 46.3 Å². The Bertz CT molecular complexity index is 944. The van der Waals surface area contributed by atoms with E-state index >= 15 is 0 Å². The zero-order chi connectivity index (χ0) is 29.5. The fourth-order valence-corrected chi connectivity index (χ4v) is 9.28. The lowest BCUT2D eigenvalue weighted by Crippen LogP contribution is -2.59. The molecule has 12 atom stereocenters. The van der Waals surface area contributed by atoms with Gasteiger partial charge in [-0.15, -0.1) is 0 Å². The maximum Gasteiger partial charge on any atom is 0.459 e.